The van der Waals surface area contributed by atoms with Crippen LogP contribution in [-0.4, -0.2) is 21.5 Å². The van der Waals surface area contributed by atoms with Crippen LogP contribution in [0.3, 0.4) is 0 Å². The third kappa shape index (κ3) is 3.63. The predicted molar refractivity (Wildman–Crippen MR) is 98.8 cm³/mol. The van der Waals surface area contributed by atoms with Crippen LogP contribution < -0.4 is 10.3 Å². The summed E-state index contributed by atoms with van der Waals surface area (Å²) in [6, 6.07) is 11.3. The summed E-state index contributed by atoms with van der Waals surface area (Å²) in [6.45, 7) is 0. The SMILES string of the molecule is COC(=O)c1cc(Br)ccc1NS(=O)(=O)c1ccc2oc(=O)ccc2c1. The van der Waals surface area contributed by atoms with Gasteiger partial charge in [0.1, 0.15) is 5.58 Å². The molecule has 0 atom stereocenters. The van der Waals surface area contributed by atoms with Gasteiger partial charge in [0.25, 0.3) is 10.0 Å². The first-order valence-electron chi connectivity index (χ1n) is 7.25. The number of nitrogens with one attached hydrogen (secondary N) is 1. The summed E-state index contributed by atoms with van der Waals surface area (Å²) < 4.78 is 38.0. The van der Waals surface area contributed by atoms with Gasteiger partial charge in [-0.15, -0.1) is 0 Å². The number of hydrogen-bond acceptors (Lipinski definition) is 6. The molecule has 1 heterocycles. The number of carbonyl (C=O) groups is 1. The van der Waals surface area contributed by atoms with Crippen LogP contribution in [0.15, 0.2) is 67.1 Å². The molecule has 134 valence electrons. The molecule has 0 spiro atoms. The molecular weight excluding hydrogens is 426 g/mol. The Morgan fingerprint density at radius 1 is 1.12 bits per heavy atom. The van der Waals surface area contributed by atoms with Gasteiger partial charge in [-0.25, -0.2) is 18.0 Å². The molecule has 0 aliphatic heterocycles. The zero-order chi connectivity index (χ0) is 18.9. The summed E-state index contributed by atoms with van der Waals surface area (Å²) in [7, 11) is -2.78. The van der Waals surface area contributed by atoms with E-state index in [1.54, 1.807) is 6.07 Å². The molecule has 0 saturated heterocycles. The molecule has 0 aliphatic carbocycles. The van der Waals surface area contributed by atoms with E-state index in [0.29, 0.717) is 9.86 Å². The van der Waals surface area contributed by atoms with Crippen LogP contribution in [0.2, 0.25) is 0 Å². The highest BCUT2D eigenvalue weighted by Gasteiger charge is 2.20. The number of anilines is 1. The van der Waals surface area contributed by atoms with Gasteiger partial charge in [0.15, 0.2) is 0 Å². The average Bonchev–Trinajstić information content (AvgIpc) is 2.61. The number of sulfonamides is 1. The lowest BCUT2D eigenvalue weighted by Gasteiger charge is -2.12. The maximum absolute atomic E-state index is 12.7. The monoisotopic (exact) mass is 437 g/mol. The molecule has 26 heavy (non-hydrogen) atoms. The van der Waals surface area contributed by atoms with Gasteiger partial charge in [-0.3, -0.25) is 4.72 Å². The first-order chi connectivity index (χ1) is 12.3. The molecule has 1 N–H and O–H groups in total. The third-order valence-corrected chi connectivity index (χ3v) is 5.39. The largest absolute Gasteiger partial charge is 0.465 e. The summed E-state index contributed by atoms with van der Waals surface area (Å²) in [5, 5.41) is 0.455. The second-order valence-corrected chi connectivity index (χ2v) is 7.84. The van der Waals surface area contributed by atoms with Gasteiger partial charge >= 0.3 is 11.6 Å². The second-order valence-electron chi connectivity index (χ2n) is 5.24. The van der Waals surface area contributed by atoms with Gasteiger partial charge in [-0.05, 0) is 42.5 Å². The van der Waals surface area contributed by atoms with Gasteiger partial charge in [0, 0.05) is 15.9 Å². The number of carbonyl (C=O) groups excluding carboxylic acids is 1. The van der Waals surface area contributed by atoms with Gasteiger partial charge in [-0.1, -0.05) is 15.9 Å². The summed E-state index contributed by atoms with van der Waals surface area (Å²) in [4.78, 5) is 23.1. The van der Waals surface area contributed by atoms with Crippen LogP contribution >= 0.6 is 15.9 Å². The molecular formula is C17H12BrNO6S. The number of benzene rings is 2. The molecule has 0 amide bonds. The van der Waals surface area contributed by atoms with E-state index < -0.39 is 21.6 Å². The van der Waals surface area contributed by atoms with Crippen LogP contribution in [0.4, 0.5) is 5.69 Å². The van der Waals surface area contributed by atoms with E-state index in [9.17, 15) is 18.0 Å². The molecule has 0 saturated carbocycles. The Morgan fingerprint density at radius 3 is 2.62 bits per heavy atom. The number of halogens is 1. The molecule has 7 nitrogen and oxygen atoms in total. The Morgan fingerprint density at radius 2 is 1.88 bits per heavy atom. The number of hydrogen-bond donors (Lipinski definition) is 1. The van der Waals surface area contributed by atoms with E-state index in [1.807, 2.05) is 0 Å². The van der Waals surface area contributed by atoms with Crippen molar-refractivity contribution in [1.29, 1.82) is 0 Å². The average molecular weight is 438 g/mol. The smallest absolute Gasteiger partial charge is 0.340 e. The van der Waals surface area contributed by atoms with E-state index >= 15 is 0 Å². The topological polar surface area (TPSA) is 103 Å². The minimum Gasteiger partial charge on any atom is -0.465 e. The van der Waals surface area contributed by atoms with Crippen LogP contribution in [0.5, 0.6) is 0 Å². The van der Waals surface area contributed by atoms with Crippen molar-refractivity contribution in [3.63, 3.8) is 0 Å². The number of methoxy groups -OCH3 is 1. The van der Waals surface area contributed by atoms with Crippen LogP contribution in [0.25, 0.3) is 11.0 Å². The lowest BCUT2D eigenvalue weighted by Crippen LogP contribution is -2.16. The number of esters is 1. The van der Waals surface area contributed by atoms with Gasteiger partial charge in [0.05, 0.1) is 23.3 Å². The Hall–Kier alpha value is -2.65. The first-order valence-corrected chi connectivity index (χ1v) is 9.52. The van der Waals surface area contributed by atoms with Crippen molar-refractivity contribution in [1.82, 2.24) is 0 Å². The van der Waals surface area contributed by atoms with Gasteiger partial charge in [-0.2, -0.15) is 0 Å². The fourth-order valence-corrected chi connectivity index (χ4v) is 3.78. The fraction of sp³-hybridized carbons (Fsp3) is 0.0588. The van der Waals surface area contributed by atoms with Crippen LogP contribution in [0.1, 0.15) is 10.4 Å². The minimum atomic E-state index is -3.98. The summed E-state index contributed by atoms with van der Waals surface area (Å²) in [5.41, 5.74) is -0.101. The van der Waals surface area contributed by atoms with E-state index in [1.165, 1.54) is 49.6 Å². The fourth-order valence-electron chi connectivity index (χ4n) is 2.31. The van der Waals surface area contributed by atoms with Crippen molar-refractivity contribution in [3.8, 4) is 0 Å². The molecule has 0 bridgehead atoms. The lowest BCUT2D eigenvalue weighted by molar-refractivity contribution is 0.0602. The second kappa shape index (κ2) is 6.93. The Kier molecular flexibility index (Phi) is 4.84. The normalized spacial score (nSPS) is 11.3. The van der Waals surface area contributed by atoms with Crippen molar-refractivity contribution >= 4 is 48.6 Å². The summed E-state index contributed by atoms with van der Waals surface area (Å²) in [6.07, 6.45) is 0. The van der Waals surface area contributed by atoms with E-state index in [-0.39, 0.29) is 21.7 Å². The quantitative estimate of drug-likeness (QED) is 0.496. The Labute approximate surface area is 156 Å². The lowest BCUT2D eigenvalue weighted by atomic mass is 10.2. The molecule has 1 aromatic heterocycles. The number of rotatable bonds is 4. The van der Waals surface area contributed by atoms with Gasteiger partial charge in [0.2, 0.25) is 0 Å². The highest BCUT2D eigenvalue weighted by Crippen LogP contribution is 2.26. The van der Waals surface area contributed by atoms with Crippen molar-refractivity contribution in [3.05, 3.63) is 69.0 Å². The first kappa shape index (κ1) is 18.2. The van der Waals surface area contributed by atoms with Crippen LogP contribution in [-0.2, 0) is 14.8 Å². The Balaban J connectivity index is 2.03. The van der Waals surface area contributed by atoms with E-state index in [0.717, 1.165) is 0 Å². The molecule has 0 radical (unpaired) electrons. The van der Waals surface area contributed by atoms with Gasteiger partial charge < -0.3 is 9.15 Å². The zero-order valence-electron chi connectivity index (χ0n) is 13.4. The maximum atomic E-state index is 12.7. The highest BCUT2D eigenvalue weighted by atomic mass is 79.9. The van der Waals surface area contributed by atoms with Crippen LogP contribution in [0, 0.1) is 0 Å². The Bertz CT molecular complexity index is 1170. The maximum Gasteiger partial charge on any atom is 0.340 e. The summed E-state index contributed by atoms with van der Waals surface area (Å²) in [5.74, 6) is -0.677. The van der Waals surface area contributed by atoms with Crippen molar-refractivity contribution < 1.29 is 22.4 Å². The zero-order valence-corrected chi connectivity index (χ0v) is 15.8. The van der Waals surface area contributed by atoms with Crippen molar-refractivity contribution in [2.45, 2.75) is 4.90 Å². The molecule has 0 unspecified atom stereocenters. The van der Waals surface area contributed by atoms with Crippen molar-refractivity contribution in [2.75, 3.05) is 11.8 Å². The molecule has 9 heteroatoms. The highest BCUT2D eigenvalue weighted by molar-refractivity contribution is 9.10. The van der Waals surface area contributed by atoms with E-state index in [2.05, 4.69) is 25.4 Å². The minimum absolute atomic E-state index is 0.0439. The molecule has 2 aromatic carbocycles. The predicted octanol–water partition coefficient (Wildman–Crippen LogP) is 3.14. The standard InChI is InChI=1S/C17H12BrNO6S/c1-24-17(21)13-9-11(18)3-5-14(13)19-26(22,23)12-4-6-15-10(8-12)2-7-16(20)25-15/h2-9,19H,1H3. The molecule has 3 aromatic rings. The number of fused-ring (bicyclic) bond motifs is 1. The summed E-state index contributed by atoms with van der Waals surface area (Å²) >= 11 is 3.23. The molecule has 0 aliphatic rings. The number of ether oxygens (including phenoxy) is 1. The molecule has 0 fully saturated rings. The van der Waals surface area contributed by atoms with E-state index in [4.69, 9.17) is 4.42 Å². The molecule has 3 rings (SSSR count). The third-order valence-electron chi connectivity index (χ3n) is 3.53. The van der Waals surface area contributed by atoms with Crippen molar-refractivity contribution in [2.24, 2.45) is 0 Å².